The van der Waals surface area contributed by atoms with Gasteiger partial charge in [0.1, 0.15) is 17.1 Å². The minimum atomic E-state index is -0.522. The van der Waals surface area contributed by atoms with Crippen LogP contribution in [0.2, 0.25) is 0 Å². The van der Waals surface area contributed by atoms with E-state index in [0.717, 1.165) is 29.5 Å². The number of nitrogens with one attached hydrogen (secondary N) is 1. The van der Waals surface area contributed by atoms with E-state index in [-0.39, 0.29) is 18.0 Å². The lowest BCUT2D eigenvalue weighted by atomic mass is 9.99. The van der Waals surface area contributed by atoms with E-state index in [2.05, 4.69) is 5.32 Å². The van der Waals surface area contributed by atoms with Gasteiger partial charge in [-0.25, -0.2) is 4.79 Å². The Bertz CT molecular complexity index is 1330. The molecule has 6 nitrogen and oxygen atoms in total. The molecule has 2 heterocycles. The molecule has 0 saturated carbocycles. The number of aromatic hydroxyl groups is 1. The average molecular weight is 490 g/mol. The van der Waals surface area contributed by atoms with Crippen molar-refractivity contribution >= 4 is 16.8 Å². The summed E-state index contributed by atoms with van der Waals surface area (Å²) in [5, 5.41) is 14.4. The van der Waals surface area contributed by atoms with Gasteiger partial charge in [-0.3, -0.25) is 4.79 Å². The third-order valence-electron chi connectivity index (χ3n) is 6.79. The van der Waals surface area contributed by atoms with Crippen LogP contribution in [0.4, 0.5) is 0 Å². The van der Waals surface area contributed by atoms with E-state index in [9.17, 15) is 14.7 Å². The Morgan fingerprint density at radius 1 is 1.17 bits per heavy atom. The normalized spacial score (nSPS) is 15.6. The third-order valence-corrected chi connectivity index (χ3v) is 6.79. The number of allylic oxidation sites excluding steroid dienone is 2. The molecular formula is C30H35NO5. The van der Waals surface area contributed by atoms with Crippen LogP contribution in [0.3, 0.4) is 0 Å². The Morgan fingerprint density at radius 3 is 2.75 bits per heavy atom. The molecule has 0 spiro atoms. The summed E-state index contributed by atoms with van der Waals surface area (Å²) in [5.74, 6) is 0.657. The van der Waals surface area contributed by atoms with Gasteiger partial charge in [0.2, 0.25) is 0 Å². The first-order valence-corrected chi connectivity index (χ1v) is 12.7. The lowest BCUT2D eigenvalue weighted by molar-refractivity contribution is 0.0992. The number of carbonyl (C=O) groups excluding carboxylic acids is 1. The molecule has 1 unspecified atom stereocenters. The summed E-state index contributed by atoms with van der Waals surface area (Å²) in [5.41, 5.74) is 3.31. The number of benzene rings is 2. The zero-order valence-corrected chi connectivity index (χ0v) is 21.4. The monoisotopic (exact) mass is 489 g/mol. The number of hydrogen-bond acceptors (Lipinski definition) is 6. The van der Waals surface area contributed by atoms with Crippen LogP contribution in [-0.2, 0) is 12.8 Å². The van der Waals surface area contributed by atoms with Gasteiger partial charge in [-0.05, 0) is 95.0 Å². The molecule has 190 valence electrons. The molecule has 1 fully saturated rings. The van der Waals surface area contributed by atoms with Gasteiger partial charge in [0, 0.05) is 34.5 Å². The fraction of sp³-hybridized carbons (Fsp3) is 0.400. The molecular weight excluding hydrogens is 454 g/mol. The Hall–Kier alpha value is -3.38. The molecule has 0 radical (unpaired) electrons. The van der Waals surface area contributed by atoms with E-state index < -0.39 is 5.63 Å². The predicted molar refractivity (Wildman–Crippen MR) is 142 cm³/mol. The van der Waals surface area contributed by atoms with Crippen LogP contribution in [0.25, 0.3) is 11.0 Å². The van der Waals surface area contributed by atoms with Crippen LogP contribution in [-0.4, -0.2) is 30.1 Å². The largest absolute Gasteiger partial charge is 0.508 e. The molecule has 0 amide bonds. The van der Waals surface area contributed by atoms with Crippen LogP contribution < -0.4 is 15.7 Å². The number of carbonyl (C=O) groups is 1. The number of ketones is 1. The van der Waals surface area contributed by atoms with E-state index in [4.69, 9.17) is 9.15 Å². The van der Waals surface area contributed by atoms with Crippen molar-refractivity contribution in [2.24, 2.45) is 0 Å². The van der Waals surface area contributed by atoms with Crippen molar-refractivity contribution in [1.82, 2.24) is 5.32 Å². The standard InChI is InChI=1S/C30H35NO5/c1-19(2)7-8-21-16-22(9-11-26(21)32)27(33)18-24-17-23-10-12-28(20(3)29(23)36-30(24)34)35-15-13-25-6-4-5-14-31-25/h7,9-12,16-17,25,31-32H,4-6,8,13-15,18H2,1-3H3. The summed E-state index contributed by atoms with van der Waals surface area (Å²) in [6.07, 6.45) is 7.07. The highest BCUT2D eigenvalue weighted by Crippen LogP contribution is 2.28. The highest BCUT2D eigenvalue weighted by Gasteiger charge is 2.17. The molecule has 2 aromatic carbocycles. The van der Waals surface area contributed by atoms with Crippen molar-refractivity contribution in [3.63, 3.8) is 0 Å². The maximum absolute atomic E-state index is 13.0. The molecule has 1 aromatic heterocycles. The molecule has 1 atom stereocenters. The summed E-state index contributed by atoms with van der Waals surface area (Å²) in [4.78, 5) is 25.7. The summed E-state index contributed by atoms with van der Waals surface area (Å²) in [7, 11) is 0. The molecule has 1 aliphatic heterocycles. The number of ether oxygens (including phenoxy) is 1. The Morgan fingerprint density at radius 2 is 2.00 bits per heavy atom. The molecule has 3 aromatic rings. The number of fused-ring (bicyclic) bond motifs is 1. The molecule has 4 rings (SSSR count). The van der Waals surface area contributed by atoms with Gasteiger partial charge < -0.3 is 19.6 Å². The maximum atomic E-state index is 13.0. The van der Waals surface area contributed by atoms with Crippen LogP contribution >= 0.6 is 0 Å². The molecule has 2 N–H and O–H groups in total. The molecule has 0 aliphatic carbocycles. The van der Waals surface area contributed by atoms with Crippen molar-refractivity contribution in [1.29, 1.82) is 0 Å². The number of phenolic OH excluding ortho intramolecular Hbond substituents is 1. The van der Waals surface area contributed by atoms with Crippen molar-refractivity contribution in [3.05, 3.63) is 80.7 Å². The van der Waals surface area contributed by atoms with E-state index >= 15 is 0 Å². The highest BCUT2D eigenvalue weighted by molar-refractivity contribution is 5.98. The Kier molecular flexibility index (Phi) is 8.26. The van der Waals surface area contributed by atoms with Crippen LogP contribution in [0.1, 0.15) is 66.6 Å². The predicted octanol–water partition coefficient (Wildman–Crippen LogP) is 5.65. The van der Waals surface area contributed by atoms with Crippen LogP contribution in [0.15, 0.2) is 57.3 Å². The van der Waals surface area contributed by atoms with Gasteiger partial charge in [-0.15, -0.1) is 0 Å². The topological polar surface area (TPSA) is 88.8 Å². The van der Waals surface area contributed by atoms with E-state index in [0.29, 0.717) is 47.1 Å². The molecule has 6 heteroatoms. The lowest BCUT2D eigenvalue weighted by Crippen LogP contribution is -2.35. The quantitative estimate of drug-likeness (QED) is 0.229. The summed E-state index contributed by atoms with van der Waals surface area (Å²) in [6.45, 7) is 7.52. The zero-order valence-electron chi connectivity index (χ0n) is 21.4. The molecule has 0 bridgehead atoms. The molecule has 36 heavy (non-hydrogen) atoms. The van der Waals surface area contributed by atoms with E-state index in [1.165, 1.54) is 25.3 Å². The molecule has 1 saturated heterocycles. The fourth-order valence-corrected chi connectivity index (χ4v) is 4.62. The van der Waals surface area contributed by atoms with Gasteiger partial charge in [0.25, 0.3) is 0 Å². The van der Waals surface area contributed by atoms with Gasteiger partial charge in [-0.1, -0.05) is 18.1 Å². The summed E-state index contributed by atoms with van der Waals surface area (Å²) < 4.78 is 11.7. The van der Waals surface area contributed by atoms with Gasteiger partial charge in [0.05, 0.1) is 6.61 Å². The first-order valence-electron chi connectivity index (χ1n) is 12.7. The lowest BCUT2D eigenvalue weighted by Gasteiger charge is -2.23. The van der Waals surface area contributed by atoms with Crippen molar-refractivity contribution in [2.75, 3.05) is 13.2 Å². The molecule has 1 aliphatic rings. The van der Waals surface area contributed by atoms with Crippen molar-refractivity contribution < 1.29 is 19.1 Å². The minimum Gasteiger partial charge on any atom is -0.508 e. The third kappa shape index (κ3) is 6.24. The van der Waals surface area contributed by atoms with Gasteiger partial charge in [-0.2, -0.15) is 0 Å². The average Bonchev–Trinajstić information content (AvgIpc) is 2.86. The van der Waals surface area contributed by atoms with Gasteiger partial charge in [0.15, 0.2) is 5.78 Å². The number of rotatable bonds is 9. The first kappa shape index (κ1) is 25.7. The Balaban J connectivity index is 1.48. The number of phenols is 1. The number of hydrogen-bond donors (Lipinski definition) is 2. The second kappa shape index (κ2) is 11.6. The smallest absolute Gasteiger partial charge is 0.339 e. The first-order chi connectivity index (χ1) is 17.3. The minimum absolute atomic E-state index is 0.0726. The highest BCUT2D eigenvalue weighted by atomic mass is 16.5. The fourth-order valence-electron chi connectivity index (χ4n) is 4.62. The second-order valence-electron chi connectivity index (χ2n) is 9.88. The summed E-state index contributed by atoms with van der Waals surface area (Å²) in [6, 6.07) is 10.8. The van der Waals surface area contributed by atoms with E-state index in [1.54, 1.807) is 18.2 Å². The van der Waals surface area contributed by atoms with Crippen molar-refractivity contribution in [2.45, 2.75) is 65.3 Å². The number of piperidine rings is 1. The van der Waals surface area contributed by atoms with Crippen molar-refractivity contribution in [3.8, 4) is 11.5 Å². The maximum Gasteiger partial charge on any atom is 0.339 e. The van der Waals surface area contributed by atoms with Crippen LogP contribution in [0.5, 0.6) is 11.5 Å². The van der Waals surface area contributed by atoms with Crippen LogP contribution in [0, 0.1) is 6.92 Å². The zero-order chi connectivity index (χ0) is 25.7. The van der Waals surface area contributed by atoms with E-state index in [1.807, 2.05) is 39.0 Å². The number of aryl methyl sites for hydroxylation is 1. The number of Topliss-reactive ketones (excluding diaryl/α,β-unsaturated/α-hetero) is 1. The van der Waals surface area contributed by atoms with Gasteiger partial charge >= 0.3 is 5.63 Å². The Labute approximate surface area is 212 Å². The summed E-state index contributed by atoms with van der Waals surface area (Å²) >= 11 is 0. The second-order valence-corrected chi connectivity index (χ2v) is 9.88. The SMILES string of the molecule is CC(C)=CCc1cc(C(=O)Cc2cc3ccc(OCCC4CCCCN4)c(C)c3oc2=O)ccc1O.